The highest BCUT2D eigenvalue weighted by Gasteiger charge is 2.30. The minimum atomic E-state index is -4.10. The molecule has 186 valence electrons. The molecule has 0 atom stereocenters. The van der Waals surface area contributed by atoms with Gasteiger partial charge in [-0.15, -0.1) is 0 Å². The Morgan fingerprint density at radius 3 is 2.11 bits per heavy atom. The van der Waals surface area contributed by atoms with Crippen molar-refractivity contribution in [1.82, 2.24) is 5.32 Å². The van der Waals surface area contributed by atoms with E-state index >= 15 is 0 Å². The lowest BCUT2D eigenvalue weighted by Gasteiger charge is -2.26. The Kier molecular flexibility index (Phi) is 8.40. The van der Waals surface area contributed by atoms with Crippen LogP contribution in [0.1, 0.15) is 22.3 Å². The molecule has 0 spiro atoms. The number of hydrogen-bond donors (Lipinski definition) is 1. The lowest BCUT2D eigenvalue weighted by Crippen LogP contribution is -2.41. The Bertz CT molecular complexity index is 1270. The number of carbonyl (C=O) groups is 1. The first-order valence-electron chi connectivity index (χ1n) is 11.3. The Morgan fingerprint density at radius 2 is 1.51 bits per heavy atom. The second-order valence-corrected chi connectivity index (χ2v) is 10.3. The van der Waals surface area contributed by atoms with Crippen LogP contribution in [-0.2, 0) is 21.2 Å². The summed E-state index contributed by atoms with van der Waals surface area (Å²) in [5, 5.41) is 2.85. The van der Waals surface area contributed by atoms with Crippen molar-refractivity contribution in [3.63, 3.8) is 0 Å². The second-order valence-electron chi connectivity index (χ2n) is 8.46. The summed E-state index contributed by atoms with van der Waals surface area (Å²) >= 11 is 0. The molecule has 0 heterocycles. The van der Waals surface area contributed by atoms with Gasteiger partial charge in [-0.05, 0) is 85.8 Å². The highest BCUT2D eigenvalue weighted by molar-refractivity contribution is 7.93. The van der Waals surface area contributed by atoms with Crippen LogP contribution in [0.5, 0.6) is 11.5 Å². The van der Waals surface area contributed by atoms with Crippen LogP contribution in [-0.4, -0.2) is 41.6 Å². The van der Waals surface area contributed by atoms with E-state index in [1.165, 1.54) is 7.11 Å². The lowest BCUT2D eigenvalue weighted by atomic mass is 10.1. The fourth-order valence-electron chi connectivity index (χ4n) is 3.84. The van der Waals surface area contributed by atoms with E-state index < -0.39 is 15.9 Å². The summed E-state index contributed by atoms with van der Waals surface area (Å²) in [6.45, 7) is 5.61. The quantitative estimate of drug-likeness (QED) is 0.455. The first kappa shape index (κ1) is 26.1. The number of aryl methyl sites for hydroxylation is 3. The number of carbonyl (C=O) groups excluding carboxylic acids is 1. The third-order valence-corrected chi connectivity index (χ3v) is 7.36. The Morgan fingerprint density at radius 1 is 0.857 bits per heavy atom. The normalized spacial score (nSPS) is 11.1. The molecule has 3 aromatic rings. The summed E-state index contributed by atoms with van der Waals surface area (Å²) in [5.41, 5.74) is 4.03. The van der Waals surface area contributed by atoms with Crippen molar-refractivity contribution in [2.24, 2.45) is 0 Å². The van der Waals surface area contributed by atoms with E-state index in [4.69, 9.17) is 9.47 Å². The number of ether oxygens (including phenoxy) is 2. The minimum absolute atomic E-state index is 0.0187. The van der Waals surface area contributed by atoms with Crippen LogP contribution in [0.3, 0.4) is 0 Å². The van der Waals surface area contributed by atoms with Crippen LogP contribution in [0.15, 0.2) is 65.6 Å². The second kappa shape index (κ2) is 11.3. The monoisotopic (exact) mass is 496 g/mol. The molecule has 0 aliphatic carbocycles. The molecule has 1 N–H and O–H groups in total. The number of rotatable bonds is 10. The molecule has 3 aromatic carbocycles. The van der Waals surface area contributed by atoms with E-state index in [1.54, 1.807) is 37.4 Å². The number of anilines is 1. The van der Waals surface area contributed by atoms with Gasteiger partial charge in [0, 0.05) is 6.54 Å². The maximum Gasteiger partial charge on any atom is 0.268 e. The van der Waals surface area contributed by atoms with E-state index in [9.17, 15) is 13.2 Å². The van der Waals surface area contributed by atoms with E-state index in [0.717, 1.165) is 32.3 Å². The van der Waals surface area contributed by atoms with Crippen molar-refractivity contribution < 1.29 is 22.7 Å². The third-order valence-electron chi connectivity index (χ3n) is 5.56. The molecule has 0 aliphatic rings. The van der Waals surface area contributed by atoms with E-state index in [1.807, 2.05) is 51.1 Å². The number of benzene rings is 3. The molecule has 35 heavy (non-hydrogen) atoms. The van der Waals surface area contributed by atoms with Crippen molar-refractivity contribution >= 4 is 21.6 Å². The van der Waals surface area contributed by atoms with Gasteiger partial charge in [-0.3, -0.25) is 9.10 Å². The molecule has 0 bridgehead atoms. The summed E-state index contributed by atoms with van der Waals surface area (Å²) in [5.74, 6) is 0.594. The standard InChI is InChI=1S/C27H32N2O5S/c1-19-6-11-25(34-5)26(17-19)35(31,32)29(23-15-20(2)14-21(3)16-23)18-27(30)28-13-12-22-7-9-24(33-4)10-8-22/h6-11,14-17H,12-13,18H2,1-5H3,(H,28,30). The van der Waals surface area contributed by atoms with Crippen LogP contribution < -0.4 is 19.1 Å². The molecule has 0 saturated heterocycles. The third kappa shape index (κ3) is 6.54. The van der Waals surface area contributed by atoms with Crippen molar-refractivity contribution in [3.8, 4) is 11.5 Å². The number of amides is 1. The molecule has 7 nitrogen and oxygen atoms in total. The first-order chi connectivity index (χ1) is 16.6. The van der Waals surface area contributed by atoms with Crippen LogP contribution in [0.4, 0.5) is 5.69 Å². The summed E-state index contributed by atoms with van der Waals surface area (Å²) in [6.07, 6.45) is 0.609. The Labute approximate surface area is 207 Å². The van der Waals surface area contributed by atoms with Gasteiger partial charge in [0.1, 0.15) is 22.9 Å². The predicted octanol–water partition coefficient (Wildman–Crippen LogP) is 4.18. The van der Waals surface area contributed by atoms with E-state index in [2.05, 4.69) is 5.32 Å². The zero-order chi connectivity index (χ0) is 25.6. The summed E-state index contributed by atoms with van der Waals surface area (Å²) in [7, 11) is -1.06. The number of methoxy groups -OCH3 is 2. The largest absolute Gasteiger partial charge is 0.497 e. The number of sulfonamides is 1. The first-order valence-corrected chi connectivity index (χ1v) is 12.7. The summed E-state index contributed by atoms with van der Waals surface area (Å²) in [4.78, 5) is 12.9. The molecule has 0 aromatic heterocycles. The van der Waals surface area contributed by atoms with Crippen molar-refractivity contribution in [2.45, 2.75) is 32.1 Å². The van der Waals surface area contributed by atoms with Crippen LogP contribution in [0, 0.1) is 20.8 Å². The van der Waals surface area contributed by atoms with E-state index in [0.29, 0.717) is 18.7 Å². The van der Waals surface area contributed by atoms with Crippen LogP contribution in [0.25, 0.3) is 0 Å². The molecule has 8 heteroatoms. The van der Waals surface area contributed by atoms with Crippen molar-refractivity contribution in [1.29, 1.82) is 0 Å². The molecule has 1 amide bonds. The van der Waals surface area contributed by atoms with Crippen LogP contribution >= 0.6 is 0 Å². The molecule has 0 unspecified atom stereocenters. The van der Waals surface area contributed by atoms with Gasteiger partial charge in [0.05, 0.1) is 19.9 Å². The van der Waals surface area contributed by atoms with Crippen molar-refractivity contribution in [3.05, 3.63) is 82.9 Å². The maximum absolute atomic E-state index is 13.8. The molecule has 0 aliphatic heterocycles. The molecular weight excluding hydrogens is 464 g/mol. The van der Waals surface area contributed by atoms with Gasteiger partial charge >= 0.3 is 0 Å². The van der Waals surface area contributed by atoms with Gasteiger partial charge in [-0.2, -0.15) is 0 Å². The van der Waals surface area contributed by atoms with Gasteiger partial charge in [0.25, 0.3) is 10.0 Å². The highest BCUT2D eigenvalue weighted by atomic mass is 32.2. The highest BCUT2D eigenvalue weighted by Crippen LogP contribution is 2.31. The van der Waals surface area contributed by atoms with Crippen LogP contribution in [0.2, 0.25) is 0 Å². The molecular formula is C27H32N2O5S. The van der Waals surface area contributed by atoms with Gasteiger partial charge in [-0.25, -0.2) is 8.42 Å². The number of hydrogen-bond acceptors (Lipinski definition) is 5. The lowest BCUT2D eigenvalue weighted by molar-refractivity contribution is -0.119. The maximum atomic E-state index is 13.8. The minimum Gasteiger partial charge on any atom is -0.497 e. The number of nitrogens with zero attached hydrogens (tertiary/aromatic N) is 1. The molecule has 3 rings (SSSR count). The van der Waals surface area contributed by atoms with Crippen molar-refractivity contribution in [2.75, 3.05) is 31.6 Å². The molecule has 0 saturated carbocycles. The Hall–Kier alpha value is -3.52. The summed E-state index contributed by atoms with van der Waals surface area (Å²) in [6, 6.07) is 18.0. The zero-order valence-corrected chi connectivity index (χ0v) is 21.6. The van der Waals surface area contributed by atoms with Gasteiger partial charge in [0.15, 0.2) is 0 Å². The Balaban J connectivity index is 1.86. The molecule has 0 fully saturated rings. The van der Waals surface area contributed by atoms with Gasteiger partial charge in [0.2, 0.25) is 5.91 Å². The van der Waals surface area contributed by atoms with Gasteiger partial charge in [-0.1, -0.05) is 24.3 Å². The molecule has 0 radical (unpaired) electrons. The fraction of sp³-hybridized carbons (Fsp3) is 0.296. The van der Waals surface area contributed by atoms with Gasteiger partial charge < -0.3 is 14.8 Å². The number of nitrogens with one attached hydrogen (secondary N) is 1. The van der Waals surface area contributed by atoms with E-state index in [-0.39, 0.29) is 17.2 Å². The zero-order valence-electron chi connectivity index (χ0n) is 20.8. The summed E-state index contributed by atoms with van der Waals surface area (Å²) < 4.78 is 39.3. The topological polar surface area (TPSA) is 84.9 Å². The average Bonchev–Trinajstić information content (AvgIpc) is 2.82. The smallest absolute Gasteiger partial charge is 0.268 e. The fourth-order valence-corrected chi connectivity index (χ4v) is 5.49. The average molecular weight is 497 g/mol. The predicted molar refractivity (Wildman–Crippen MR) is 138 cm³/mol. The SMILES string of the molecule is COc1ccc(CCNC(=O)CN(c2cc(C)cc(C)c2)S(=O)(=O)c2cc(C)ccc2OC)cc1.